The Morgan fingerprint density at radius 2 is 0.913 bits per heavy atom. The van der Waals surface area contributed by atoms with E-state index in [0.717, 1.165) is 0 Å². The molecule has 17 heteroatoms. The molecule has 0 atom stereocenters. The zero-order chi connectivity index (χ0) is 19.3. The summed E-state index contributed by atoms with van der Waals surface area (Å²) in [5, 5.41) is 17.0. The summed E-state index contributed by atoms with van der Waals surface area (Å²) < 4.78 is 115. The third-order valence-corrected chi connectivity index (χ3v) is 2.46. The van der Waals surface area contributed by atoms with E-state index in [0.29, 0.717) is 0 Å². The van der Waals surface area contributed by atoms with Crippen molar-refractivity contribution in [2.24, 2.45) is 0 Å². The van der Waals surface area contributed by atoms with Gasteiger partial charge in [-0.05, 0) is 0 Å². The number of hydrogen-bond donors (Lipinski definition) is 5. The molecule has 0 radical (unpaired) electrons. The Balaban J connectivity index is 0. The summed E-state index contributed by atoms with van der Waals surface area (Å²) >= 11 is 0. The Labute approximate surface area is 123 Å². The molecule has 1 aromatic heterocycles. The molecule has 1 aromatic rings. The van der Waals surface area contributed by atoms with Gasteiger partial charge >= 0.3 is 31.3 Å². The molecule has 0 bridgehead atoms. The van der Waals surface area contributed by atoms with Crippen LogP contribution in [0.15, 0.2) is 12.4 Å². The van der Waals surface area contributed by atoms with Crippen molar-refractivity contribution >= 4 is 20.2 Å². The van der Waals surface area contributed by atoms with Gasteiger partial charge in [0.1, 0.15) is 0 Å². The molecular weight excluding hydrogens is 392 g/mol. The zero-order valence-electron chi connectivity index (χ0n) is 10.2. The van der Waals surface area contributed by atoms with Crippen molar-refractivity contribution in [3.63, 3.8) is 0 Å². The number of nitrogens with one attached hydrogen (secondary N) is 1. The largest absolute Gasteiger partial charge is 0.522 e. The molecule has 0 aliphatic rings. The van der Waals surface area contributed by atoms with E-state index < -0.39 is 31.3 Å². The summed E-state index contributed by atoms with van der Waals surface area (Å²) in [6.07, 6.45) is 2.60. The van der Waals surface area contributed by atoms with Gasteiger partial charge in [-0.1, -0.05) is 0 Å². The van der Waals surface area contributed by atoms with E-state index in [1.54, 1.807) is 0 Å². The molecule has 0 amide bonds. The lowest BCUT2D eigenvalue weighted by Gasteiger charge is -1.97. The van der Waals surface area contributed by atoms with E-state index in [1.165, 1.54) is 12.4 Å². The smallest absolute Gasteiger partial charge is 0.503 e. The standard InChI is InChI=1S/C4H5NO2.2CHF3O3S/c6-3-1-5-2-4(3)7;2*2-1(3,4)8(5,6)7/h1-2,5-7H;2*(H,5,6,7). The molecule has 9 nitrogen and oxygen atoms in total. The van der Waals surface area contributed by atoms with E-state index >= 15 is 0 Å². The number of rotatable bonds is 0. The van der Waals surface area contributed by atoms with Crippen molar-refractivity contribution in [1.82, 2.24) is 4.98 Å². The minimum Gasteiger partial charge on any atom is -0.503 e. The molecule has 0 fully saturated rings. The van der Waals surface area contributed by atoms with Crippen LogP contribution >= 0.6 is 0 Å². The van der Waals surface area contributed by atoms with Gasteiger partial charge < -0.3 is 15.2 Å². The van der Waals surface area contributed by atoms with Crippen LogP contribution in [0.2, 0.25) is 0 Å². The van der Waals surface area contributed by atoms with Crippen molar-refractivity contribution in [1.29, 1.82) is 0 Å². The van der Waals surface area contributed by atoms with Crippen LogP contribution in [0, 0.1) is 0 Å². The molecule has 0 saturated heterocycles. The lowest BCUT2D eigenvalue weighted by Crippen LogP contribution is -2.21. The number of aromatic hydroxyl groups is 2. The van der Waals surface area contributed by atoms with Gasteiger partial charge in [0.15, 0.2) is 11.5 Å². The first kappa shape index (κ1) is 23.5. The van der Waals surface area contributed by atoms with Crippen molar-refractivity contribution in [3.05, 3.63) is 12.4 Å². The lowest BCUT2D eigenvalue weighted by molar-refractivity contribution is -0.0514. The van der Waals surface area contributed by atoms with E-state index in [1.807, 2.05) is 0 Å². The maximum atomic E-state index is 10.7. The predicted octanol–water partition coefficient (Wildman–Crippen LogP) is 1.21. The summed E-state index contributed by atoms with van der Waals surface area (Å²) in [4.78, 5) is 2.50. The zero-order valence-corrected chi connectivity index (χ0v) is 11.8. The highest BCUT2D eigenvalue weighted by molar-refractivity contribution is 7.86. The Hall–Kier alpha value is -1.72. The van der Waals surface area contributed by atoms with Crippen LogP contribution in [0.3, 0.4) is 0 Å². The average Bonchev–Trinajstić information content (AvgIpc) is 2.59. The topological polar surface area (TPSA) is 165 Å². The van der Waals surface area contributed by atoms with Crippen LogP contribution in [0.25, 0.3) is 0 Å². The quantitative estimate of drug-likeness (QED) is 0.247. The highest BCUT2D eigenvalue weighted by atomic mass is 32.2. The highest BCUT2D eigenvalue weighted by Crippen LogP contribution is 2.21. The maximum absolute atomic E-state index is 10.7. The average molecular weight is 399 g/mol. The fraction of sp³-hybridized carbons (Fsp3) is 0.333. The Morgan fingerprint density at radius 3 is 0.957 bits per heavy atom. The fourth-order valence-corrected chi connectivity index (χ4v) is 0.347. The second-order valence-corrected chi connectivity index (χ2v) is 5.89. The number of H-pyrrole nitrogens is 1. The Kier molecular flexibility index (Phi) is 7.89. The molecule has 0 unspecified atom stereocenters. The second-order valence-electron chi connectivity index (χ2n) is 3.07. The van der Waals surface area contributed by atoms with Crippen LogP contribution in [0.4, 0.5) is 26.3 Å². The molecular formula is C6H7F6NO8S2. The normalized spacial score (nSPS) is 12.5. The number of hydrogen-bond acceptors (Lipinski definition) is 6. The molecule has 138 valence electrons. The third-order valence-electron chi connectivity index (χ3n) is 1.29. The predicted molar refractivity (Wildman–Crippen MR) is 59.3 cm³/mol. The van der Waals surface area contributed by atoms with Crippen LogP contribution in [0.1, 0.15) is 0 Å². The van der Waals surface area contributed by atoms with Gasteiger partial charge in [0.05, 0.1) is 0 Å². The highest BCUT2D eigenvalue weighted by Gasteiger charge is 2.45. The van der Waals surface area contributed by atoms with Crippen molar-refractivity contribution < 1.29 is 62.5 Å². The minimum atomic E-state index is -5.84. The maximum Gasteiger partial charge on any atom is 0.522 e. The molecule has 0 aliphatic heterocycles. The summed E-state index contributed by atoms with van der Waals surface area (Å²) in [6.45, 7) is 0. The number of aromatic nitrogens is 1. The number of halogens is 6. The van der Waals surface area contributed by atoms with Gasteiger partial charge in [-0.2, -0.15) is 43.2 Å². The third kappa shape index (κ3) is 9.81. The fourth-order valence-electron chi connectivity index (χ4n) is 0.347. The first-order valence-corrected chi connectivity index (χ1v) is 7.31. The van der Waals surface area contributed by atoms with E-state index in [9.17, 15) is 26.3 Å². The minimum absolute atomic E-state index is 0.111. The molecule has 23 heavy (non-hydrogen) atoms. The first-order valence-electron chi connectivity index (χ1n) is 4.43. The lowest BCUT2D eigenvalue weighted by atomic mass is 10.6. The first-order chi connectivity index (χ1) is 9.80. The van der Waals surface area contributed by atoms with Gasteiger partial charge in [-0.25, -0.2) is 0 Å². The van der Waals surface area contributed by atoms with Crippen molar-refractivity contribution in [2.75, 3.05) is 0 Å². The van der Waals surface area contributed by atoms with Gasteiger partial charge in [-0.15, -0.1) is 0 Å². The van der Waals surface area contributed by atoms with E-state index in [4.69, 9.17) is 36.2 Å². The van der Waals surface area contributed by atoms with Crippen LogP contribution < -0.4 is 0 Å². The van der Waals surface area contributed by atoms with E-state index in [-0.39, 0.29) is 11.5 Å². The Morgan fingerprint density at radius 1 is 0.739 bits per heavy atom. The van der Waals surface area contributed by atoms with E-state index in [2.05, 4.69) is 4.98 Å². The van der Waals surface area contributed by atoms with Gasteiger partial charge in [0.2, 0.25) is 0 Å². The summed E-state index contributed by atoms with van der Waals surface area (Å²) in [6, 6.07) is 0. The second kappa shape index (κ2) is 7.70. The molecule has 0 aromatic carbocycles. The van der Waals surface area contributed by atoms with Crippen LogP contribution in [-0.2, 0) is 20.2 Å². The SMILES string of the molecule is O=S(=O)(O)C(F)(F)F.O=S(=O)(O)C(F)(F)F.Oc1c[nH]cc1O. The summed E-state index contributed by atoms with van der Waals surface area (Å²) in [5.41, 5.74) is -11.1. The Bertz CT molecular complexity index is 629. The van der Waals surface area contributed by atoms with Crippen molar-refractivity contribution in [3.8, 4) is 11.5 Å². The van der Waals surface area contributed by atoms with Crippen molar-refractivity contribution in [2.45, 2.75) is 11.0 Å². The monoisotopic (exact) mass is 399 g/mol. The molecule has 1 rings (SSSR count). The van der Waals surface area contributed by atoms with Crippen LogP contribution in [0.5, 0.6) is 11.5 Å². The summed E-state index contributed by atoms with van der Waals surface area (Å²) in [7, 11) is -11.7. The molecule has 1 heterocycles. The number of aromatic amines is 1. The molecule has 0 spiro atoms. The molecule has 0 aliphatic carbocycles. The number of alkyl halides is 6. The van der Waals surface area contributed by atoms with Gasteiger partial charge in [0.25, 0.3) is 0 Å². The van der Waals surface area contributed by atoms with Gasteiger partial charge in [0, 0.05) is 12.4 Å². The molecule has 0 saturated carbocycles. The van der Waals surface area contributed by atoms with Crippen LogP contribution in [-0.4, -0.2) is 52.2 Å². The molecule has 5 N–H and O–H groups in total. The summed E-state index contributed by atoms with van der Waals surface area (Å²) in [5.74, 6) is -0.222. The van der Waals surface area contributed by atoms with Gasteiger partial charge in [-0.3, -0.25) is 9.11 Å².